The summed E-state index contributed by atoms with van der Waals surface area (Å²) in [6.45, 7) is 0. The number of rotatable bonds is 1. The first-order valence-corrected chi connectivity index (χ1v) is 4.60. The Hall–Kier alpha value is -0.160. The first-order valence-electron chi connectivity index (χ1n) is 4.60. The minimum Gasteiger partial charge on any atom is -0.381 e. The van der Waals surface area contributed by atoms with Crippen LogP contribution in [0.4, 0.5) is 0 Å². The van der Waals surface area contributed by atoms with Gasteiger partial charge in [-0.15, -0.1) is 0 Å². The van der Waals surface area contributed by atoms with Crippen molar-refractivity contribution in [3.63, 3.8) is 0 Å². The number of methoxy groups -OCH3 is 1. The minimum atomic E-state index is 0.105. The second-order valence-electron chi connectivity index (χ2n) is 3.76. The average Bonchev–Trinajstić information content (AvgIpc) is 2.47. The molecule has 1 saturated heterocycles. The van der Waals surface area contributed by atoms with E-state index in [1.54, 1.807) is 7.11 Å². The van der Waals surface area contributed by atoms with E-state index in [1.807, 2.05) is 0 Å². The zero-order valence-electron chi connectivity index (χ0n) is 7.42. The molecule has 70 valence electrons. The largest absolute Gasteiger partial charge is 0.381 e. The Morgan fingerprint density at radius 2 is 2.17 bits per heavy atom. The van der Waals surface area contributed by atoms with E-state index >= 15 is 0 Å². The van der Waals surface area contributed by atoms with E-state index in [2.05, 4.69) is 10.9 Å². The lowest BCUT2D eigenvalue weighted by molar-refractivity contribution is 0.0443. The Kier molecular flexibility index (Phi) is 2.32. The highest BCUT2D eigenvalue weighted by atomic mass is 16.5. The van der Waals surface area contributed by atoms with E-state index in [-0.39, 0.29) is 6.17 Å². The highest BCUT2D eigenvalue weighted by molar-refractivity contribution is 4.93. The third kappa shape index (κ3) is 1.35. The highest BCUT2D eigenvalue weighted by Crippen LogP contribution is 2.29. The average molecular weight is 171 g/mol. The molecule has 1 saturated carbocycles. The standard InChI is InChI=1S/C8H17N3O/c1-12-5-2-3-7-6(4-5)8(9)11-10-7/h5-8,10-11H,2-4,9H2,1H3. The van der Waals surface area contributed by atoms with E-state index < -0.39 is 0 Å². The van der Waals surface area contributed by atoms with Crippen LogP contribution < -0.4 is 16.6 Å². The van der Waals surface area contributed by atoms with Crippen LogP contribution in [0.5, 0.6) is 0 Å². The molecule has 0 aromatic heterocycles. The molecule has 4 heteroatoms. The van der Waals surface area contributed by atoms with Crippen LogP contribution in [0.15, 0.2) is 0 Å². The van der Waals surface area contributed by atoms with Crippen LogP contribution in [-0.4, -0.2) is 25.4 Å². The third-order valence-electron chi connectivity index (χ3n) is 3.08. The fourth-order valence-electron chi connectivity index (χ4n) is 2.27. The van der Waals surface area contributed by atoms with Gasteiger partial charge in [0.05, 0.1) is 12.3 Å². The molecule has 0 bridgehead atoms. The molecule has 0 spiro atoms. The first kappa shape index (κ1) is 8.44. The van der Waals surface area contributed by atoms with Crippen molar-refractivity contribution in [2.45, 2.75) is 37.6 Å². The fourth-order valence-corrected chi connectivity index (χ4v) is 2.27. The Morgan fingerprint density at radius 3 is 2.92 bits per heavy atom. The maximum Gasteiger partial charge on any atom is 0.0724 e. The molecular formula is C8H17N3O. The van der Waals surface area contributed by atoms with Gasteiger partial charge in [-0.1, -0.05) is 0 Å². The SMILES string of the molecule is COC1CCC2NNC(N)C2C1. The molecule has 1 heterocycles. The van der Waals surface area contributed by atoms with E-state index in [1.165, 1.54) is 6.42 Å². The summed E-state index contributed by atoms with van der Waals surface area (Å²) in [6.07, 6.45) is 3.93. The summed E-state index contributed by atoms with van der Waals surface area (Å²) in [5.41, 5.74) is 12.2. The third-order valence-corrected chi connectivity index (χ3v) is 3.08. The topological polar surface area (TPSA) is 59.3 Å². The van der Waals surface area contributed by atoms with Crippen molar-refractivity contribution < 1.29 is 4.74 Å². The molecular weight excluding hydrogens is 154 g/mol. The lowest BCUT2D eigenvalue weighted by Crippen LogP contribution is -2.40. The van der Waals surface area contributed by atoms with Gasteiger partial charge in [0.1, 0.15) is 0 Å². The number of ether oxygens (including phenoxy) is 1. The van der Waals surface area contributed by atoms with Crippen LogP contribution in [-0.2, 0) is 4.74 Å². The van der Waals surface area contributed by atoms with E-state index in [0.29, 0.717) is 18.1 Å². The zero-order valence-corrected chi connectivity index (χ0v) is 7.42. The molecule has 4 nitrogen and oxygen atoms in total. The van der Waals surface area contributed by atoms with Crippen molar-refractivity contribution in [3.05, 3.63) is 0 Å². The summed E-state index contributed by atoms with van der Waals surface area (Å²) >= 11 is 0. The molecule has 4 unspecified atom stereocenters. The number of hydrogen-bond acceptors (Lipinski definition) is 4. The Morgan fingerprint density at radius 1 is 1.33 bits per heavy atom. The molecule has 4 N–H and O–H groups in total. The smallest absolute Gasteiger partial charge is 0.0724 e. The van der Waals surface area contributed by atoms with E-state index in [0.717, 1.165) is 12.8 Å². The second-order valence-corrected chi connectivity index (χ2v) is 3.76. The molecule has 0 amide bonds. The summed E-state index contributed by atoms with van der Waals surface area (Å²) in [4.78, 5) is 0. The second kappa shape index (κ2) is 3.30. The summed E-state index contributed by atoms with van der Waals surface area (Å²) in [5.74, 6) is 0.545. The van der Waals surface area contributed by atoms with Crippen molar-refractivity contribution in [3.8, 4) is 0 Å². The maximum absolute atomic E-state index is 5.88. The molecule has 2 fully saturated rings. The Bertz CT molecular complexity index is 164. The van der Waals surface area contributed by atoms with Gasteiger partial charge in [0, 0.05) is 19.1 Å². The van der Waals surface area contributed by atoms with E-state index in [4.69, 9.17) is 10.5 Å². The first-order chi connectivity index (χ1) is 5.81. The zero-order chi connectivity index (χ0) is 8.55. The molecule has 0 aromatic carbocycles. The van der Waals surface area contributed by atoms with Crippen LogP contribution in [0.1, 0.15) is 19.3 Å². The number of hydrazine groups is 1. The maximum atomic E-state index is 5.88. The lowest BCUT2D eigenvalue weighted by atomic mass is 9.83. The highest BCUT2D eigenvalue weighted by Gasteiger charge is 2.38. The van der Waals surface area contributed by atoms with Gasteiger partial charge in [0.2, 0.25) is 0 Å². The van der Waals surface area contributed by atoms with Crippen molar-refractivity contribution in [1.82, 2.24) is 10.9 Å². The van der Waals surface area contributed by atoms with Crippen LogP contribution in [0.3, 0.4) is 0 Å². The van der Waals surface area contributed by atoms with Crippen molar-refractivity contribution in [2.24, 2.45) is 11.7 Å². The predicted octanol–water partition coefficient (Wildman–Crippen LogP) is -0.437. The number of nitrogens with two attached hydrogens (primary N) is 1. The summed E-state index contributed by atoms with van der Waals surface area (Å²) in [7, 11) is 1.78. The quantitative estimate of drug-likeness (QED) is 0.501. The van der Waals surface area contributed by atoms with Crippen LogP contribution in [0.25, 0.3) is 0 Å². The van der Waals surface area contributed by atoms with Crippen LogP contribution >= 0.6 is 0 Å². The number of fused-ring (bicyclic) bond motifs is 1. The van der Waals surface area contributed by atoms with Crippen molar-refractivity contribution in [1.29, 1.82) is 0 Å². The van der Waals surface area contributed by atoms with E-state index in [9.17, 15) is 0 Å². The Balaban J connectivity index is 1.97. The molecule has 1 aliphatic heterocycles. The Labute approximate surface area is 72.8 Å². The molecule has 12 heavy (non-hydrogen) atoms. The lowest BCUT2D eigenvalue weighted by Gasteiger charge is -2.31. The summed E-state index contributed by atoms with van der Waals surface area (Å²) < 4.78 is 5.34. The van der Waals surface area contributed by atoms with Crippen LogP contribution in [0, 0.1) is 5.92 Å². The molecule has 1 aliphatic carbocycles. The van der Waals surface area contributed by atoms with Crippen LogP contribution in [0.2, 0.25) is 0 Å². The van der Waals surface area contributed by atoms with Gasteiger partial charge in [-0.25, -0.2) is 5.43 Å². The van der Waals surface area contributed by atoms with Crippen molar-refractivity contribution in [2.75, 3.05) is 7.11 Å². The van der Waals surface area contributed by atoms with Crippen molar-refractivity contribution >= 4 is 0 Å². The van der Waals surface area contributed by atoms with Gasteiger partial charge >= 0.3 is 0 Å². The number of hydrogen-bond donors (Lipinski definition) is 3. The van der Waals surface area contributed by atoms with Gasteiger partial charge in [0.15, 0.2) is 0 Å². The predicted molar refractivity (Wildman–Crippen MR) is 46.2 cm³/mol. The summed E-state index contributed by atoms with van der Waals surface area (Å²) in [6, 6.07) is 0.561. The van der Waals surface area contributed by atoms with Gasteiger partial charge in [0.25, 0.3) is 0 Å². The summed E-state index contributed by atoms with van der Waals surface area (Å²) in [5, 5.41) is 0. The van der Waals surface area contributed by atoms with Gasteiger partial charge in [-0.2, -0.15) is 0 Å². The minimum absolute atomic E-state index is 0.105. The van der Waals surface area contributed by atoms with Gasteiger partial charge in [-0.05, 0) is 19.3 Å². The fraction of sp³-hybridized carbons (Fsp3) is 1.00. The monoisotopic (exact) mass is 171 g/mol. The van der Waals surface area contributed by atoms with Gasteiger partial charge < -0.3 is 10.5 Å². The molecule has 4 atom stereocenters. The molecule has 0 aromatic rings. The normalized spacial score (nSPS) is 47.5. The molecule has 2 aliphatic rings. The van der Waals surface area contributed by atoms with Gasteiger partial charge in [-0.3, -0.25) is 5.43 Å². The molecule has 0 radical (unpaired) electrons. The number of nitrogens with one attached hydrogen (secondary N) is 2. The molecule has 2 rings (SSSR count).